The summed E-state index contributed by atoms with van der Waals surface area (Å²) in [6, 6.07) is 12.8. The number of rotatable bonds is 0. The van der Waals surface area contributed by atoms with E-state index in [1.54, 1.807) is 24.3 Å². The van der Waals surface area contributed by atoms with Gasteiger partial charge < -0.3 is 10.2 Å². The maximum absolute atomic E-state index is 10.1. The zero-order valence-corrected chi connectivity index (χ0v) is 15.4. The minimum atomic E-state index is -0.00867. The molecule has 2 aromatic rings. The Morgan fingerprint density at radius 2 is 1.17 bits per heavy atom. The van der Waals surface area contributed by atoms with Gasteiger partial charge in [-0.05, 0) is 52.6 Å². The molecule has 0 amide bonds. The molecule has 0 spiro atoms. The minimum absolute atomic E-state index is 0.00867. The van der Waals surface area contributed by atoms with Gasteiger partial charge in [0.15, 0.2) is 0 Å². The lowest BCUT2D eigenvalue weighted by Gasteiger charge is -2.26. The molecule has 0 bridgehead atoms. The van der Waals surface area contributed by atoms with Crippen LogP contribution in [0.5, 0.6) is 11.5 Å². The molecule has 0 heterocycles. The van der Waals surface area contributed by atoms with Gasteiger partial charge in [0.2, 0.25) is 0 Å². The predicted octanol–water partition coefficient (Wildman–Crippen LogP) is 5.69. The van der Waals surface area contributed by atoms with E-state index >= 15 is 0 Å². The van der Waals surface area contributed by atoms with Crippen LogP contribution < -0.4 is 0 Å². The summed E-state index contributed by atoms with van der Waals surface area (Å²) in [5.41, 5.74) is 3.58. The summed E-state index contributed by atoms with van der Waals surface area (Å²) < 4.78 is 0. The first-order valence-electron chi connectivity index (χ1n) is 8.01. The van der Waals surface area contributed by atoms with Gasteiger partial charge in [-0.15, -0.1) is 0 Å². The van der Waals surface area contributed by atoms with E-state index in [-0.39, 0.29) is 10.8 Å². The summed E-state index contributed by atoms with van der Waals surface area (Å²) in [6.07, 6.45) is 0. The second kappa shape index (κ2) is 7.08. The topological polar surface area (TPSA) is 40.5 Å². The van der Waals surface area contributed by atoms with Gasteiger partial charge in [-0.1, -0.05) is 65.8 Å². The van der Waals surface area contributed by atoms with Crippen LogP contribution in [0, 0.1) is 6.92 Å². The number of hydrogen-bond acceptors (Lipinski definition) is 2. The van der Waals surface area contributed by atoms with Crippen LogP contribution in [0.25, 0.3) is 0 Å². The number of para-hydroxylation sites is 1. The molecule has 0 saturated carbocycles. The van der Waals surface area contributed by atoms with Crippen molar-refractivity contribution >= 4 is 0 Å². The molecule has 0 unspecified atom stereocenters. The summed E-state index contributed by atoms with van der Waals surface area (Å²) in [5.74, 6) is 0.741. The predicted molar refractivity (Wildman–Crippen MR) is 98.4 cm³/mol. The second-order valence-electron chi connectivity index (χ2n) is 8.02. The van der Waals surface area contributed by atoms with Gasteiger partial charge in [0.1, 0.15) is 11.5 Å². The Hall–Kier alpha value is -1.96. The van der Waals surface area contributed by atoms with Crippen molar-refractivity contribution in [1.29, 1.82) is 0 Å². The highest BCUT2D eigenvalue weighted by Gasteiger charge is 2.23. The molecular formula is C21H30O2. The number of aromatic hydroxyl groups is 2. The van der Waals surface area contributed by atoms with E-state index in [1.807, 2.05) is 12.1 Å². The normalized spacial score (nSPS) is 11.6. The third kappa shape index (κ3) is 5.63. The van der Waals surface area contributed by atoms with Crippen LogP contribution in [0.15, 0.2) is 42.5 Å². The largest absolute Gasteiger partial charge is 0.508 e. The van der Waals surface area contributed by atoms with E-state index in [4.69, 9.17) is 5.11 Å². The van der Waals surface area contributed by atoms with Gasteiger partial charge in [0, 0.05) is 0 Å². The van der Waals surface area contributed by atoms with Crippen molar-refractivity contribution in [1.82, 2.24) is 0 Å². The molecule has 0 aromatic heterocycles. The lowest BCUT2D eigenvalue weighted by Crippen LogP contribution is -2.16. The minimum Gasteiger partial charge on any atom is -0.508 e. The zero-order chi connectivity index (χ0) is 17.8. The summed E-state index contributed by atoms with van der Waals surface area (Å²) in [4.78, 5) is 0. The molecule has 0 saturated heterocycles. The van der Waals surface area contributed by atoms with Crippen LogP contribution >= 0.6 is 0 Å². The maximum Gasteiger partial charge on any atom is 0.119 e. The Labute approximate surface area is 140 Å². The van der Waals surface area contributed by atoms with Crippen molar-refractivity contribution in [3.8, 4) is 11.5 Å². The smallest absolute Gasteiger partial charge is 0.119 e. The van der Waals surface area contributed by atoms with Gasteiger partial charge in [0.25, 0.3) is 0 Å². The molecule has 0 aliphatic carbocycles. The monoisotopic (exact) mass is 314 g/mol. The Morgan fingerprint density at radius 1 is 0.696 bits per heavy atom. The molecule has 0 aliphatic heterocycles. The standard InChI is InChI=1S/C15H24O.C6H6O/c1-10-8-12(15(5,6)7)13(16)9-11(10)14(2,3)4;7-6-4-2-1-3-5-6/h8-9,16H,1-7H3;1-5,7H. The third-order valence-corrected chi connectivity index (χ3v) is 3.71. The first kappa shape index (κ1) is 19.1. The Balaban J connectivity index is 0.000000313. The number of benzene rings is 2. The van der Waals surface area contributed by atoms with E-state index in [1.165, 1.54) is 11.1 Å². The van der Waals surface area contributed by atoms with Crippen LogP contribution in [0.4, 0.5) is 0 Å². The van der Waals surface area contributed by atoms with Crippen LogP contribution in [-0.4, -0.2) is 10.2 Å². The average molecular weight is 314 g/mol. The molecule has 23 heavy (non-hydrogen) atoms. The number of phenols is 2. The highest BCUT2D eigenvalue weighted by atomic mass is 16.3. The van der Waals surface area contributed by atoms with Crippen molar-refractivity contribution in [2.75, 3.05) is 0 Å². The van der Waals surface area contributed by atoms with Crippen LogP contribution in [0.2, 0.25) is 0 Å². The third-order valence-electron chi connectivity index (χ3n) is 3.71. The highest BCUT2D eigenvalue weighted by Crippen LogP contribution is 2.36. The fourth-order valence-electron chi connectivity index (χ4n) is 2.53. The first-order valence-corrected chi connectivity index (χ1v) is 8.01. The molecule has 0 aliphatic rings. The molecule has 0 atom stereocenters. The van der Waals surface area contributed by atoms with Crippen LogP contribution in [-0.2, 0) is 10.8 Å². The van der Waals surface area contributed by atoms with Gasteiger partial charge in [-0.25, -0.2) is 0 Å². The first-order chi connectivity index (χ1) is 10.4. The fraction of sp³-hybridized carbons (Fsp3) is 0.429. The molecule has 126 valence electrons. The summed E-state index contributed by atoms with van der Waals surface area (Å²) in [7, 11) is 0. The zero-order valence-electron chi connectivity index (χ0n) is 15.4. The lowest BCUT2D eigenvalue weighted by molar-refractivity contribution is 0.442. The Kier molecular flexibility index (Phi) is 5.87. The van der Waals surface area contributed by atoms with E-state index in [2.05, 4.69) is 54.5 Å². The SMILES string of the molecule is Cc1cc(C(C)(C)C)c(O)cc1C(C)(C)C.Oc1ccccc1. The quantitative estimate of drug-likeness (QED) is 0.656. The van der Waals surface area contributed by atoms with Crippen molar-refractivity contribution in [3.63, 3.8) is 0 Å². The second-order valence-corrected chi connectivity index (χ2v) is 8.02. The van der Waals surface area contributed by atoms with Crippen LogP contribution in [0.1, 0.15) is 58.2 Å². The molecule has 2 aromatic carbocycles. The molecular weight excluding hydrogens is 284 g/mol. The molecule has 2 N–H and O–H groups in total. The van der Waals surface area contributed by atoms with E-state index in [0.29, 0.717) is 11.5 Å². The van der Waals surface area contributed by atoms with Gasteiger partial charge in [-0.2, -0.15) is 0 Å². The van der Waals surface area contributed by atoms with Crippen molar-refractivity contribution in [3.05, 3.63) is 59.2 Å². The Bertz CT molecular complexity index is 590. The Morgan fingerprint density at radius 3 is 1.52 bits per heavy atom. The number of aryl methyl sites for hydroxylation is 1. The molecule has 0 radical (unpaired) electrons. The van der Waals surface area contributed by atoms with Crippen molar-refractivity contribution in [2.24, 2.45) is 0 Å². The summed E-state index contributed by atoms with van der Waals surface area (Å²) in [5, 5.41) is 18.7. The lowest BCUT2D eigenvalue weighted by atomic mass is 9.79. The van der Waals surface area contributed by atoms with E-state index in [9.17, 15) is 5.11 Å². The van der Waals surface area contributed by atoms with Gasteiger partial charge >= 0.3 is 0 Å². The average Bonchev–Trinajstić information content (AvgIpc) is 2.40. The summed E-state index contributed by atoms with van der Waals surface area (Å²) in [6.45, 7) is 15.0. The number of hydrogen-bond donors (Lipinski definition) is 2. The molecule has 2 nitrogen and oxygen atoms in total. The highest BCUT2D eigenvalue weighted by molar-refractivity contribution is 5.47. The number of phenolic OH excluding ortho intramolecular Hbond substituents is 2. The molecule has 2 rings (SSSR count). The van der Waals surface area contributed by atoms with E-state index in [0.717, 1.165) is 5.56 Å². The van der Waals surface area contributed by atoms with Gasteiger partial charge in [0.05, 0.1) is 0 Å². The molecule has 0 fully saturated rings. The maximum atomic E-state index is 10.1. The fourth-order valence-corrected chi connectivity index (χ4v) is 2.53. The van der Waals surface area contributed by atoms with Crippen molar-refractivity contribution < 1.29 is 10.2 Å². The summed E-state index contributed by atoms with van der Waals surface area (Å²) >= 11 is 0. The molecule has 2 heteroatoms. The van der Waals surface area contributed by atoms with E-state index < -0.39 is 0 Å². The van der Waals surface area contributed by atoms with Crippen LogP contribution in [0.3, 0.4) is 0 Å². The van der Waals surface area contributed by atoms with Crippen molar-refractivity contribution in [2.45, 2.75) is 59.3 Å². The van der Waals surface area contributed by atoms with Gasteiger partial charge in [-0.3, -0.25) is 0 Å².